The second kappa shape index (κ2) is 10.7. The number of hydroxylamine groups is 1. The number of amides is 1. The number of carbonyl (C=O) groups is 1. The first-order chi connectivity index (χ1) is 15.2. The molecule has 0 radical (unpaired) electrons. The van der Waals surface area contributed by atoms with Crippen molar-refractivity contribution in [2.24, 2.45) is 0 Å². The molecule has 4 rings (SSSR count). The molecule has 0 saturated carbocycles. The Hall–Kier alpha value is -2.45. The molecule has 7 heteroatoms. The van der Waals surface area contributed by atoms with Crippen molar-refractivity contribution in [2.45, 2.75) is 18.4 Å². The number of piperazine rings is 1. The summed E-state index contributed by atoms with van der Waals surface area (Å²) >= 11 is 0. The topological polar surface area (TPSA) is 77.1 Å². The lowest BCUT2D eigenvalue weighted by Gasteiger charge is -2.37. The van der Waals surface area contributed by atoms with Crippen molar-refractivity contribution in [2.75, 3.05) is 57.3 Å². The van der Waals surface area contributed by atoms with Crippen molar-refractivity contribution >= 4 is 11.6 Å². The maximum Gasteiger partial charge on any atom is 0.255 e. The Bertz CT molecular complexity index is 834. The fraction of sp³-hybridized carbons (Fsp3) is 0.458. The molecule has 2 saturated heterocycles. The molecule has 3 N–H and O–H groups in total. The Balaban J connectivity index is 1.38. The zero-order chi connectivity index (χ0) is 21.5. The maximum absolute atomic E-state index is 12.4. The molecule has 2 heterocycles. The van der Waals surface area contributed by atoms with Gasteiger partial charge < -0.3 is 15.0 Å². The van der Waals surface area contributed by atoms with Gasteiger partial charge in [-0.3, -0.25) is 14.9 Å². The molecule has 2 aromatic carbocycles. The van der Waals surface area contributed by atoms with Gasteiger partial charge in [0.15, 0.2) is 0 Å². The van der Waals surface area contributed by atoms with E-state index >= 15 is 0 Å². The summed E-state index contributed by atoms with van der Waals surface area (Å²) in [7, 11) is 0. The third-order valence-electron chi connectivity index (χ3n) is 6.22. The molecule has 2 aliphatic rings. The van der Waals surface area contributed by atoms with Crippen molar-refractivity contribution in [3.63, 3.8) is 0 Å². The van der Waals surface area contributed by atoms with Gasteiger partial charge in [-0.1, -0.05) is 42.5 Å². The van der Waals surface area contributed by atoms with E-state index in [1.165, 1.54) is 0 Å². The predicted octanol–water partition coefficient (Wildman–Crippen LogP) is 1.82. The van der Waals surface area contributed by atoms with Gasteiger partial charge in [-0.25, -0.2) is 5.48 Å². The average Bonchev–Trinajstić information content (AvgIpc) is 2.84. The molecule has 2 atom stereocenters. The molecule has 2 aliphatic heterocycles. The monoisotopic (exact) mass is 424 g/mol. The Kier molecular flexibility index (Phi) is 7.53. The predicted molar refractivity (Wildman–Crippen MR) is 121 cm³/mol. The van der Waals surface area contributed by atoms with Gasteiger partial charge >= 0.3 is 0 Å². The van der Waals surface area contributed by atoms with Crippen LogP contribution < -0.4 is 15.7 Å². The second-order valence-electron chi connectivity index (χ2n) is 8.23. The van der Waals surface area contributed by atoms with Gasteiger partial charge in [-0.05, 0) is 29.7 Å². The number of anilines is 1. The molecule has 0 aliphatic carbocycles. The van der Waals surface area contributed by atoms with E-state index in [4.69, 9.17) is 4.74 Å². The molecule has 1 amide bonds. The Morgan fingerprint density at radius 3 is 2.58 bits per heavy atom. The van der Waals surface area contributed by atoms with E-state index in [1.54, 1.807) is 0 Å². The lowest BCUT2D eigenvalue weighted by molar-refractivity contribution is -0.129. The second-order valence-corrected chi connectivity index (χ2v) is 8.23. The van der Waals surface area contributed by atoms with E-state index in [-0.39, 0.29) is 0 Å². The zero-order valence-corrected chi connectivity index (χ0v) is 17.9. The SMILES string of the molecule is O=C(NO)C(c1ccccc1)c1cccc(N2CCN(CCC3CNCCO3)CC2)c1. The summed E-state index contributed by atoms with van der Waals surface area (Å²) < 4.78 is 5.81. The molecule has 2 fully saturated rings. The molecular formula is C24H32N4O3. The van der Waals surface area contributed by atoms with Crippen LogP contribution in [0.25, 0.3) is 0 Å². The van der Waals surface area contributed by atoms with Crippen LogP contribution in [0.1, 0.15) is 23.5 Å². The molecule has 0 bridgehead atoms. The van der Waals surface area contributed by atoms with Gasteiger partial charge in [0, 0.05) is 51.5 Å². The van der Waals surface area contributed by atoms with Gasteiger partial charge in [-0.15, -0.1) is 0 Å². The minimum atomic E-state index is -0.545. The highest BCUT2D eigenvalue weighted by Crippen LogP contribution is 2.28. The molecule has 31 heavy (non-hydrogen) atoms. The van der Waals surface area contributed by atoms with Crippen molar-refractivity contribution in [1.82, 2.24) is 15.7 Å². The molecule has 166 valence electrons. The summed E-state index contributed by atoms with van der Waals surface area (Å²) in [6.45, 7) is 7.73. The van der Waals surface area contributed by atoms with Crippen LogP contribution in [0.5, 0.6) is 0 Å². The van der Waals surface area contributed by atoms with Crippen LogP contribution in [0.2, 0.25) is 0 Å². The molecular weight excluding hydrogens is 392 g/mol. The number of nitrogens with one attached hydrogen (secondary N) is 2. The molecule has 0 aromatic heterocycles. The van der Waals surface area contributed by atoms with Crippen molar-refractivity contribution < 1.29 is 14.7 Å². The Morgan fingerprint density at radius 1 is 1.10 bits per heavy atom. The van der Waals surface area contributed by atoms with Crippen LogP contribution in [-0.2, 0) is 9.53 Å². The fourth-order valence-corrected chi connectivity index (χ4v) is 4.47. The van der Waals surface area contributed by atoms with Crippen LogP contribution in [0.3, 0.4) is 0 Å². The molecule has 2 unspecified atom stereocenters. The summed E-state index contributed by atoms with van der Waals surface area (Å²) in [4.78, 5) is 17.3. The minimum Gasteiger partial charge on any atom is -0.376 e. The van der Waals surface area contributed by atoms with Crippen LogP contribution in [0.4, 0.5) is 5.69 Å². The van der Waals surface area contributed by atoms with E-state index in [2.05, 4.69) is 27.2 Å². The smallest absolute Gasteiger partial charge is 0.255 e. The van der Waals surface area contributed by atoms with E-state index in [0.717, 1.165) is 75.7 Å². The quantitative estimate of drug-likeness (QED) is 0.465. The number of nitrogens with zero attached hydrogens (tertiary/aromatic N) is 2. The minimum absolute atomic E-state index is 0.330. The Labute approximate surface area is 183 Å². The maximum atomic E-state index is 12.4. The first-order valence-corrected chi connectivity index (χ1v) is 11.1. The highest BCUT2D eigenvalue weighted by atomic mass is 16.5. The van der Waals surface area contributed by atoms with Crippen molar-refractivity contribution in [3.8, 4) is 0 Å². The number of morpholine rings is 1. The van der Waals surface area contributed by atoms with Crippen LogP contribution in [0.15, 0.2) is 54.6 Å². The van der Waals surface area contributed by atoms with E-state index in [9.17, 15) is 10.0 Å². The summed E-state index contributed by atoms with van der Waals surface area (Å²) in [6, 6.07) is 17.7. The number of benzene rings is 2. The van der Waals surface area contributed by atoms with E-state index in [1.807, 2.05) is 47.9 Å². The van der Waals surface area contributed by atoms with Gasteiger partial charge in [0.1, 0.15) is 0 Å². The first-order valence-electron chi connectivity index (χ1n) is 11.1. The van der Waals surface area contributed by atoms with Crippen LogP contribution in [0, 0.1) is 0 Å². The number of rotatable bonds is 7. The van der Waals surface area contributed by atoms with Gasteiger partial charge in [0.05, 0.1) is 18.6 Å². The highest BCUT2D eigenvalue weighted by molar-refractivity contribution is 5.86. The van der Waals surface area contributed by atoms with Gasteiger partial charge in [-0.2, -0.15) is 0 Å². The van der Waals surface area contributed by atoms with Gasteiger partial charge in [0.2, 0.25) is 0 Å². The summed E-state index contributed by atoms with van der Waals surface area (Å²) in [5.41, 5.74) is 4.68. The largest absolute Gasteiger partial charge is 0.376 e. The van der Waals surface area contributed by atoms with Crippen LogP contribution >= 0.6 is 0 Å². The number of hydrogen-bond acceptors (Lipinski definition) is 6. The first kappa shape index (κ1) is 21.8. The fourth-order valence-electron chi connectivity index (χ4n) is 4.47. The van der Waals surface area contributed by atoms with Crippen LogP contribution in [-0.4, -0.2) is 74.5 Å². The summed E-state index contributed by atoms with van der Waals surface area (Å²) in [5, 5.41) is 12.7. The number of carbonyl (C=O) groups excluding carboxylic acids is 1. The lowest BCUT2D eigenvalue weighted by atomic mass is 9.90. The average molecular weight is 425 g/mol. The third kappa shape index (κ3) is 5.62. The molecule has 2 aromatic rings. The number of hydrogen-bond donors (Lipinski definition) is 3. The normalized spacial score (nSPS) is 20.9. The molecule has 0 spiro atoms. The van der Waals surface area contributed by atoms with Crippen molar-refractivity contribution in [1.29, 1.82) is 0 Å². The number of ether oxygens (including phenoxy) is 1. The van der Waals surface area contributed by atoms with E-state index in [0.29, 0.717) is 6.10 Å². The van der Waals surface area contributed by atoms with Gasteiger partial charge in [0.25, 0.3) is 5.91 Å². The van der Waals surface area contributed by atoms with E-state index < -0.39 is 11.8 Å². The van der Waals surface area contributed by atoms with Crippen molar-refractivity contribution in [3.05, 3.63) is 65.7 Å². The Morgan fingerprint density at radius 2 is 1.87 bits per heavy atom. The zero-order valence-electron chi connectivity index (χ0n) is 17.9. The highest BCUT2D eigenvalue weighted by Gasteiger charge is 2.24. The lowest BCUT2D eigenvalue weighted by Crippen LogP contribution is -2.48. The summed E-state index contributed by atoms with van der Waals surface area (Å²) in [6.07, 6.45) is 1.40. The molecule has 7 nitrogen and oxygen atoms in total. The standard InChI is InChI=1S/C24H32N4O3/c29-24(26-30)23(19-5-2-1-3-6-19)20-7-4-8-21(17-20)28-14-12-27(13-15-28)11-9-22-18-25-10-16-31-22/h1-8,17,22-23,25,30H,9-16,18H2,(H,26,29). The summed E-state index contributed by atoms with van der Waals surface area (Å²) in [5.74, 6) is -0.968. The third-order valence-corrected chi connectivity index (χ3v) is 6.22.